The van der Waals surface area contributed by atoms with Crippen LogP contribution in [-0.2, 0) is 15.6 Å². The van der Waals surface area contributed by atoms with Crippen molar-refractivity contribution in [2.45, 2.75) is 44.8 Å². The summed E-state index contributed by atoms with van der Waals surface area (Å²) in [5.74, 6) is -1.37. The Morgan fingerprint density at radius 3 is 2.29 bits per heavy atom. The third kappa shape index (κ3) is 3.48. The van der Waals surface area contributed by atoms with Gasteiger partial charge >= 0.3 is 5.97 Å². The van der Waals surface area contributed by atoms with Crippen LogP contribution in [-0.4, -0.2) is 56.6 Å². The fourth-order valence-corrected chi connectivity index (χ4v) is 5.88. The van der Waals surface area contributed by atoms with Gasteiger partial charge in [-0.25, -0.2) is 4.79 Å². The number of carbonyl (C=O) groups excluding carboxylic acids is 1. The van der Waals surface area contributed by atoms with Crippen LogP contribution >= 0.6 is 0 Å². The number of aliphatic hydroxyl groups excluding tert-OH is 2. The maximum absolute atomic E-state index is 13.3. The van der Waals surface area contributed by atoms with Crippen molar-refractivity contribution in [3.8, 4) is 0 Å². The molecule has 196 valence electrons. The molecule has 2 heterocycles. The van der Waals surface area contributed by atoms with Crippen LogP contribution in [0.3, 0.4) is 0 Å². The summed E-state index contributed by atoms with van der Waals surface area (Å²) in [6, 6.07) is 10.2. The summed E-state index contributed by atoms with van der Waals surface area (Å²) in [6.07, 6.45) is 1.80. The Balaban J connectivity index is 1.53. The first-order chi connectivity index (χ1) is 17.7. The van der Waals surface area contributed by atoms with Gasteiger partial charge in [0.2, 0.25) is 11.5 Å². The van der Waals surface area contributed by atoms with E-state index in [9.17, 15) is 30.0 Å². The predicted octanol–water partition coefficient (Wildman–Crippen LogP) is 4.01. The molecule has 0 radical (unpaired) electrons. The van der Waals surface area contributed by atoms with E-state index in [1.807, 2.05) is 57.3 Å². The van der Waals surface area contributed by atoms with Crippen molar-refractivity contribution in [1.82, 2.24) is 0 Å². The number of Topliss-reactive ketones (excluding diaryl/α,β-unsaturated/α-hetero) is 1. The van der Waals surface area contributed by atoms with E-state index in [1.165, 1.54) is 0 Å². The van der Waals surface area contributed by atoms with Crippen molar-refractivity contribution in [3.05, 3.63) is 93.4 Å². The summed E-state index contributed by atoms with van der Waals surface area (Å²) in [5.41, 5.74) is 4.91. The van der Waals surface area contributed by atoms with Crippen LogP contribution in [0.4, 0.5) is 11.4 Å². The zero-order valence-corrected chi connectivity index (χ0v) is 22.2. The molecular formula is C30H31N2O6+. The summed E-state index contributed by atoms with van der Waals surface area (Å²) < 4.78 is 1.92. The Hall–Kier alpha value is -4.01. The molecule has 0 amide bonds. The standard InChI is InChI=1S/C30H30N2O6/c1-29(2)19-11-15(27(35)36)7-9-21(19)31(5)23(29)13-17-25(33)18(26(17)34)14-24-30(3,4)20-12-16(28(37)38)8-10-22(20)32(24)6/h7-14,27,35-36H,1-6H3,(H-,33,34,37,38)/p+1. The average Bonchev–Trinajstić information content (AvgIpc) is 3.17. The molecule has 3 aliphatic rings. The molecule has 0 spiro atoms. The van der Waals surface area contributed by atoms with Gasteiger partial charge in [-0.1, -0.05) is 19.9 Å². The molecule has 5 rings (SSSR count). The molecule has 0 atom stereocenters. The fourth-order valence-electron chi connectivity index (χ4n) is 5.88. The second-order valence-electron chi connectivity index (χ2n) is 11.1. The number of rotatable bonds is 4. The molecule has 8 nitrogen and oxygen atoms in total. The lowest BCUT2D eigenvalue weighted by Crippen LogP contribution is -2.31. The average molecular weight is 516 g/mol. The normalized spacial score (nSPS) is 21.5. The highest BCUT2D eigenvalue weighted by molar-refractivity contribution is 6.24. The Kier molecular flexibility index (Phi) is 5.56. The number of anilines is 1. The highest BCUT2D eigenvalue weighted by atomic mass is 16.5. The molecule has 1 aliphatic carbocycles. The maximum Gasteiger partial charge on any atom is 0.335 e. The summed E-state index contributed by atoms with van der Waals surface area (Å²) in [5, 5.41) is 39.7. The highest BCUT2D eigenvalue weighted by Gasteiger charge is 2.46. The van der Waals surface area contributed by atoms with Crippen LogP contribution in [0, 0.1) is 0 Å². The van der Waals surface area contributed by atoms with Gasteiger partial charge in [-0.3, -0.25) is 4.79 Å². The summed E-state index contributed by atoms with van der Waals surface area (Å²) in [4.78, 5) is 26.7. The van der Waals surface area contributed by atoms with E-state index in [0.717, 1.165) is 33.9 Å². The number of hydrogen-bond acceptors (Lipinski definition) is 6. The van der Waals surface area contributed by atoms with E-state index in [-0.39, 0.29) is 28.3 Å². The van der Waals surface area contributed by atoms with Gasteiger partial charge in [0.25, 0.3) is 0 Å². The molecule has 8 heteroatoms. The lowest BCUT2D eigenvalue weighted by atomic mass is 9.77. The van der Waals surface area contributed by atoms with Gasteiger partial charge in [-0.2, -0.15) is 4.58 Å². The van der Waals surface area contributed by atoms with Crippen molar-refractivity contribution in [2.24, 2.45) is 0 Å². The van der Waals surface area contributed by atoms with Gasteiger partial charge in [0.1, 0.15) is 12.8 Å². The fraction of sp³-hybridized carbons (Fsp3) is 0.300. The Labute approximate surface area is 220 Å². The smallest absolute Gasteiger partial charge is 0.335 e. The number of carboxylic acid groups (broad SMARTS) is 1. The number of ketones is 1. The summed E-state index contributed by atoms with van der Waals surface area (Å²) in [6.45, 7) is 7.90. The maximum atomic E-state index is 13.3. The third-order valence-corrected chi connectivity index (χ3v) is 8.20. The number of hydrogen-bond donors (Lipinski definition) is 4. The largest absolute Gasteiger partial charge is 0.506 e. The molecule has 0 fully saturated rings. The monoisotopic (exact) mass is 515 g/mol. The number of carboxylic acids is 1. The molecule has 2 aliphatic heterocycles. The molecule has 0 unspecified atom stereocenters. The number of benzene rings is 2. The van der Waals surface area contributed by atoms with Gasteiger partial charge in [-0.15, -0.1) is 0 Å². The lowest BCUT2D eigenvalue weighted by molar-refractivity contribution is -0.401. The summed E-state index contributed by atoms with van der Waals surface area (Å²) in [7, 11) is 3.73. The zero-order valence-electron chi connectivity index (χ0n) is 22.2. The first kappa shape index (κ1) is 25.6. The van der Waals surface area contributed by atoms with Crippen molar-refractivity contribution >= 4 is 28.8 Å². The lowest BCUT2D eigenvalue weighted by Gasteiger charge is -2.27. The number of nitrogens with zero attached hydrogens (tertiary/aromatic N) is 2. The van der Waals surface area contributed by atoms with E-state index in [1.54, 1.807) is 42.5 Å². The zero-order chi connectivity index (χ0) is 27.9. The predicted molar refractivity (Wildman–Crippen MR) is 143 cm³/mol. The molecule has 2 aromatic carbocycles. The van der Waals surface area contributed by atoms with E-state index < -0.39 is 23.1 Å². The van der Waals surface area contributed by atoms with Gasteiger partial charge in [0.05, 0.1) is 22.1 Å². The van der Waals surface area contributed by atoms with Crippen LogP contribution < -0.4 is 4.90 Å². The van der Waals surface area contributed by atoms with E-state index in [0.29, 0.717) is 5.56 Å². The van der Waals surface area contributed by atoms with Gasteiger partial charge in [0, 0.05) is 47.1 Å². The van der Waals surface area contributed by atoms with Crippen LogP contribution in [0.1, 0.15) is 61.0 Å². The van der Waals surface area contributed by atoms with Crippen LogP contribution in [0.2, 0.25) is 0 Å². The molecule has 0 aromatic heterocycles. The molecule has 2 aromatic rings. The number of allylic oxidation sites excluding steroid dienone is 5. The Morgan fingerprint density at radius 2 is 1.68 bits per heavy atom. The second-order valence-corrected chi connectivity index (χ2v) is 11.1. The summed E-state index contributed by atoms with van der Waals surface area (Å²) >= 11 is 0. The van der Waals surface area contributed by atoms with Crippen molar-refractivity contribution < 1.29 is 34.6 Å². The van der Waals surface area contributed by atoms with Gasteiger partial charge in [0.15, 0.2) is 12.0 Å². The molecule has 4 N–H and O–H groups in total. The first-order valence-electron chi connectivity index (χ1n) is 12.3. The van der Waals surface area contributed by atoms with Gasteiger partial charge in [-0.05, 0) is 49.8 Å². The number of fused-ring (bicyclic) bond motifs is 2. The molecule has 0 saturated heterocycles. The van der Waals surface area contributed by atoms with E-state index in [2.05, 4.69) is 0 Å². The minimum Gasteiger partial charge on any atom is -0.506 e. The molecule has 38 heavy (non-hydrogen) atoms. The second kappa shape index (κ2) is 8.24. The van der Waals surface area contributed by atoms with E-state index in [4.69, 9.17) is 0 Å². The highest BCUT2D eigenvalue weighted by Crippen LogP contribution is 2.49. The van der Waals surface area contributed by atoms with Crippen LogP contribution in [0.15, 0.2) is 71.2 Å². The Morgan fingerprint density at radius 1 is 1.00 bits per heavy atom. The third-order valence-electron chi connectivity index (χ3n) is 8.20. The van der Waals surface area contributed by atoms with Crippen LogP contribution in [0.5, 0.6) is 0 Å². The van der Waals surface area contributed by atoms with Crippen LogP contribution in [0.25, 0.3) is 0 Å². The minimum absolute atomic E-state index is 0.0898. The van der Waals surface area contributed by atoms with Crippen molar-refractivity contribution in [3.63, 3.8) is 0 Å². The SMILES string of the molecule is CN1C(=CC2=C(O)C(=CC3=[N+](C)c4ccc(C(=O)O)cc4C3(C)C)C2=O)C(C)(C)c2cc(C(O)O)ccc21. The molecular weight excluding hydrogens is 484 g/mol. The first-order valence-corrected chi connectivity index (χ1v) is 12.3. The van der Waals surface area contributed by atoms with Gasteiger partial charge < -0.3 is 25.3 Å². The molecule has 0 bridgehead atoms. The van der Waals surface area contributed by atoms with Crippen molar-refractivity contribution in [1.29, 1.82) is 0 Å². The number of aromatic carboxylic acids is 1. The van der Waals surface area contributed by atoms with E-state index >= 15 is 0 Å². The Bertz CT molecular complexity index is 1570. The number of carbonyl (C=O) groups is 2. The topological polar surface area (TPSA) is 121 Å². The minimum atomic E-state index is -1.58. The molecule has 0 saturated carbocycles. The quantitative estimate of drug-likeness (QED) is 0.276. The number of likely N-dealkylation sites (N-methyl/N-ethyl adjacent to an activating group) is 1. The van der Waals surface area contributed by atoms with Crippen molar-refractivity contribution in [2.75, 3.05) is 19.0 Å². The number of aliphatic hydroxyl groups is 3.